The number of alkyl halides is 6. The largest absolute Gasteiger partial charge is 0.493 e. The van der Waals surface area contributed by atoms with Crippen LogP contribution in [0.4, 0.5) is 32.0 Å². The average Bonchev–Trinajstić information content (AvgIpc) is 3.30. The van der Waals surface area contributed by atoms with Crippen LogP contribution in [0.15, 0.2) is 102 Å². The van der Waals surface area contributed by atoms with Gasteiger partial charge in [0.25, 0.3) is 0 Å². The number of hydrogen-bond donors (Lipinski definition) is 1. The first-order valence-electron chi connectivity index (χ1n) is 22.1. The van der Waals surface area contributed by atoms with Crippen LogP contribution < -0.4 is 19.7 Å². The van der Waals surface area contributed by atoms with E-state index in [4.69, 9.17) is 42.1 Å². The van der Waals surface area contributed by atoms with E-state index < -0.39 is 23.5 Å². The standard InChI is InChI=1S/C24H28ClF3N2O2.C18H25F3N2O2.C6H4BrCl/c25-20-5-7-21(8-6-20)30-12-13-31-23(16-30)15-29-11-1-2-18(14-29)17-32-22-9-3-19(4-10-22)24(26,27)28;19-18(20,21)15-3-5-16(6-4-15)25-13-14-2-1-8-23(11-14)12-17-10-22-7-9-24-17;7-5-1-3-6(8)4-2-5/h3-10,18,23H,1-2,11-17H2;3-6,14,17,22H,1-2,7-13H2;1-4H. The van der Waals surface area contributed by atoms with E-state index >= 15 is 0 Å². The number of halogens is 9. The zero-order valence-corrected chi connectivity index (χ0v) is 39.2. The van der Waals surface area contributed by atoms with Gasteiger partial charge in [-0.3, -0.25) is 0 Å². The molecule has 17 heteroatoms. The minimum Gasteiger partial charge on any atom is -0.493 e. The summed E-state index contributed by atoms with van der Waals surface area (Å²) >= 11 is 14.9. The number of ether oxygens (including phenoxy) is 4. The predicted molar refractivity (Wildman–Crippen MR) is 247 cm³/mol. The van der Waals surface area contributed by atoms with Crippen LogP contribution in [-0.4, -0.2) is 114 Å². The molecule has 0 amide bonds. The highest BCUT2D eigenvalue weighted by Crippen LogP contribution is 2.32. The Hall–Kier alpha value is -3.28. The Labute approximate surface area is 396 Å². The molecule has 0 radical (unpaired) electrons. The molecule has 4 heterocycles. The second-order valence-electron chi connectivity index (χ2n) is 16.8. The number of rotatable bonds is 11. The minimum atomic E-state index is -4.33. The van der Waals surface area contributed by atoms with E-state index in [1.165, 1.54) is 24.3 Å². The smallest absolute Gasteiger partial charge is 0.416 e. The van der Waals surface area contributed by atoms with Crippen molar-refractivity contribution in [2.45, 2.75) is 50.2 Å². The van der Waals surface area contributed by atoms with Gasteiger partial charge in [0.2, 0.25) is 0 Å². The van der Waals surface area contributed by atoms with Crippen molar-refractivity contribution in [2.75, 3.05) is 96.8 Å². The lowest BCUT2D eigenvalue weighted by Crippen LogP contribution is -2.49. The van der Waals surface area contributed by atoms with Crippen LogP contribution in [0.25, 0.3) is 0 Å². The van der Waals surface area contributed by atoms with Gasteiger partial charge in [0, 0.05) is 84.4 Å². The monoisotopic (exact) mass is 1020 g/mol. The van der Waals surface area contributed by atoms with Crippen molar-refractivity contribution < 1.29 is 45.3 Å². The first-order chi connectivity index (χ1) is 31.2. The molecule has 0 bridgehead atoms. The van der Waals surface area contributed by atoms with Gasteiger partial charge in [-0.15, -0.1) is 0 Å². The molecule has 8 rings (SSSR count). The van der Waals surface area contributed by atoms with Crippen LogP contribution in [0, 0.1) is 11.8 Å². The molecule has 4 unspecified atom stereocenters. The SMILES string of the molecule is Clc1ccc(Br)cc1.FC(F)(F)c1ccc(OCC2CCCN(CC3CN(c4ccc(Cl)cc4)CCO3)C2)cc1.FC(F)(F)c1ccc(OCC2CCCN(CC3CNCCO3)C2)cc1. The summed E-state index contributed by atoms with van der Waals surface area (Å²) in [5.41, 5.74) is -0.150. The molecule has 4 fully saturated rings. The van der Waals surface area contributed by atoms with Crippen LogP contribution in [0.1, 0.15) is 36.8 Å². The molecule has 4 aromatic carbocycles. The lowest BCUT2D eigenvalue weighted by atomic mass is 9.98. The molecular formula is C48H57BrCl2F6N4O4. The van der Waals surface area contributed by atoms with E-state index in [0.29, 0.717) is 43.2 Å². The molecule has 356 valence electrons. The molecule has 4 aliphatic heterocycles. The Morgan fingerprint density at radius 2 is 1.08 bits per heavy atom. The van der Waals surface area contributed by atoms with E-state index in [9.17, 15) is 26.3 Å². The number of nitrogens with zero attached hydrogens (tertiary/aromatic N) is 3. The summed E-state index contributed by atoms with van der Waals surface area (Å²) in [6, 6.07) is 25.2. The Bertz CT molecular complexity index is 1960. The van der Waals surface area contributed by atoms with E-state index in [1.54, 1.807) is 0 Å². The van der Waals surface area contributed by atoms with Crippen molar-refractivity contribution in [3.8, 4) is 11.5 Å². The third-order valence-corrected chi connectivity index (χ3v) is 12.6. The number of benzene rings is 4. The number of piperidine rings is 2. The summed E-state index contributed by atoms with van der Waals surface area (Å²) in [6.07, 6.45) is -3.93. The van der Waals surface area contributed by atoms with Gasteiger partial charge in [0.15, 0.2) is 0 Å². The fraction of sp³-hybridized carbons (Fsp3) is 0.500. The van der Waals surface area contributed by atoms with Crippen LogP contribution in [0.3, 0.4) is 0 Å². The Morgan fingerprint density at radius 3 is 1.54 bits per heavy atom. The summed E-state index contributed by atoms with van der Waals surface area (Å²) in [4.78, 5) is 7.15. The number of hydrogen-bond acceptors (Lipinski definition) is 8. The van der Waals surface area contributed by atoms with Crippen molar-refractivity contribution in [1.82, 2.24) is 15.1 Å². The number of nitrogens with one attached hydrogen (secondary N) is 1. The van der Waals surface area contributed by atoms with E-state index in [1.807, 2.05) is 48.5 Å². The fourth-order valence-corrected chi connectivity index (χ4v) is 8.79. The summed E-state index contributed by atoms with van der Waals surface area (Å²) in [7, 11) is 0. The first kappa shape index (κ1) is 51.1. The quantitative estimate of drug-likeness (QED) is 0.149. The predicted octanol–water partition coefficient (Wildman–Crippen LogP) is 11.2. The highest BCUT2D eigenvalue weighted by Gasteiger charge is 2.32. The van der Waals surface area contributed by atoms with E-state index in [-0.39, 0.29) is 12.2 Å². The summed E-state index contributed by atoms with van der Waals surface area (Å²) in [5.74, 6) is 1.71. The fourth-order valence-electron chi connectivity index (χ4n) is 8.27. The molecule has 4 aromatic rings. The molecule has 0 aliphatic carbocycles. The third kappa shape index (κ3) is 17.7. The van der Waals surface area contributed by atoms with Gasteiger partial charge < -0.3 is 39.0 Å². The van der Waals surface area contributed by atoms with Crippen LogP contribution in [-0.2, 0) is 21.8 Å². The average molecular weight is 1020 g/mol. The van der Waals surface area contributed by atoms with E-state index in [2.05, 4.69) is 35.9 Å². The molecule has 1 N–H and O–H groups in total. The van der Waals surface area contributed by atoms with Crippen molar-refractivity contribution >= 4 is 44.8 Å². The summed E-state index contributed by atoms with van der Waals surface area (Å²) in [6.45, 7) is 11.7. The Morgan fingerprint density at radius 1 is 0.600 bits per heavy atom. The zero-order chi connectivity index (χ0) is 46.2. The van der Waals surface area contributed by atoms with Crippen molar-refractivity contribution in [2.24, 2.45) is 11.8 Å². The lowest BCUT2D eigenvalue weighted by Gasteiger charge is -2.39. The maximum Gasteiger partial charge on any atom is 0.416 e. The molecule has 8 nitrogen and oxygen atoms in total. The van der Waals surface area contributed by atoms with E-state index in [0.717, 1.165) is 142 Å². The van der Waals surface area contributed by atoms with Gasteiger partial charge in [-0.2, -0.15) is 26.3 Å². The first-order valence-corrected chi connectivity index (χ1v) is 23.6. The van der Waals surface area contributed by atoms with Gasteiger partial charge in [-0.25, -0.2) is 0 Å². The Kier molecular flexibility index (Phi) is 19.8. The van der Waals surface area contributed by atoms with Crippen LogP contribution in [0.2, 0.25) is 10.0 Å². The number of likely N-dealkylation sites (tertiary alicyclic amines) is 2. The highest BCUT2D eigenvalue weighted by atomic mass is 79.9. The second-order valence-corrected chi connectivity index (χ2v) is 18.5. The van der Waals surface area contributed by atoms with Gasteiger partial charge in [0.1, 0.15) is 11.5 Å². The normalized spacial score (nSPS) is 22.2. The maximum absolute atomic E-state index is 12.7. The molecule has 65 heavy (non-hydrogen) atoms. The molecular weight excluding hydrogens is 961 g/mol. The molecule has 0 aromatic heterocycles. The Balaban J connectivity index is 0.000000188. The number of anilines is 1. The molecule has 4 aliphatic rings. The molecule has 4 saturated heterocycles. The maximum atomic E-state index is 12.7. The number of morpholine rings is 2. The minimum absolute atomic E-state index is 0.133. The van der Waals surface area contributed by atoms with Gasteiger partial charge in [-0.05, 0) is 136 Å². The van der Waals surface area contributed by atoms with Gasteiger partial charge in [-0.1, -0.05) is 39.1 Å². The molecule has 0 saturated carbocycles. The molecule has 4 atom stereocenters. The van der Waals surface area contributed by atoms with Crippen molar-refractivity contribution in [1.29, 1.82) is 0 Å². The van der Waals surface area contributed by atoms with Crippen molar-refractivity contribution in [3.63, 3.8) is 0 Å². The van der Waals surface area contributed by atoms with Crippen LogP contribution in [0.5, 0.6) is 11.5 Å². The van der Waals surface area contributed by atoms with Crippen LogP contribution >= 0.6 is 39.1 Å². The summed E-state index contributed by atoms with van der Waals surface area (Å²) in [5, 5.41) is 4.85. The van der Waals surface area contributed by atoms with Crippen molar-refractivity contribution in [3.05, 3.63) is 123 Å². The second kappa shape index (κ2) is 25.2. The summed E-state index contributed by atoms with van der Waals surface area (Å²) < 4.78 is 100. The zero-order valence-electron chi connectivity index (χ0n) is 36.2. The van der Waals surface area contributed by atoms with Gasteiger partial charge >= 0.3 is 12.4 Å². The lowest BCUT2D eigenvalue weighted by molar-refractivity contribution is -0.138. The third-order valence-electron chi connectivity index (χ3n) is 11.6. The highest BCUT2D eigenvalue weighted by molar-refractivity contribution is 9.10. The van der Waals surface area contributed by atoms with Gasteiger partial charge in [0.05, 0.1) is 49.8 Å². The topological polar surface area (TPSA) is 58.7 Å². The molecule has 0 spiro atoms.